The molecule has 0 saturated carbocycles. The summed E-state index contributed by atoms with van der Waals surface area (Å²) in [6.45, 7) is 2.49. The van der Waals surface area contributed by atoms with Crippen LogP contribution in [0.2, 0.25) is 10.0 Å². The van der Waals surface area contributed by atoms with Crippen LogP contribution in [0.5, 0.6) is 5.75 Å². The molecule has 0 unspecified atom stereocenters. The zero-order valence-corrected chi connectivity index (χ0v) is 17.6. The number of carbonyl (C=O) groups excluding carboxylic acids is 1. The zero-order chi connectivity index (χ0) is 20.1. The third kappa shape index (κ3) is 4.79. The maximum atomic E-state index is 12.3. The molecule has 9 heteroatoms. The Hall–Kier alpha value is -2.22. The van der Waals surface area contributed by atoms with Crippen molar-refractivity contribution in [3.05, 3.63) is 52.5 Å². The molecule has 0 atom stereocenters. The first-order chi connectivity index (χ1) is 13.5. The number of anilines is 1. The molecule has 0 radical (unpaired) electrons. The van der Waals surface area contributed by atoms with Crippen LogP contribution in [0.25, 0.3) is 11.4 Å². The number of hydrogen-bond donors (Lipinski definition) is 1. The number of para-hydroxylation sites is 1. The van der Waals surface area contributed by atoms with Crippen LogP contribution in [0.1, 0.15) is 6.92 Å². The summed E-state index contributed by atoms with van der Waals surface area (Å²) < 4.78 is 7.50. The van der Waals surface area contributed by atoms with E-state index in [1.54, 1.807) is 18.2 Å². The van der Waals surface area contributed by atoms with Gasteiger partial charge >= 0.3 is 0 Å². The molecule has 3 aromatic rings. The standard InChI is InChI=1S/C19H18Cl2N4O2S/c1-3-27-16-7-5-4-6-13(16)18-23-24-19(25(18)2)28-11-17(26)22-15-10-12(20)8-9-14(15)21/h4-10H,3,11H2,1-2H3,(H,22,26). The topological polar surface area (TPSA) is 69.0 Å². The van der Waals surface area contributed by atoms with E-state index in [4.69, 9.17) is 27.9 Å². The highest BCUT2D eigenvalue weighted by molar-refractivity contribution is 7.99. The van der Waals surface area contributed by atoms with Gasteiger partial charge in [0.25, 0.3) is 0 Å². The smallest absolute Gasteiger partial charge is 0.234 e. The quantitative estimate of drug-likeness (QED) is 0.532. The number of benzene rings is 2. The van der Waals surface area contributed by atoms with Gasteiger partial charge in [0, 0.05) is 12.1 Å². The van der Waals surface area contributed by atoms with Gasteiger partial charge in [0.1, 0.15) is 5.75 Å². The van der Waals surface area contributed by atoms with Crippen LogP contribution in [-0.2, 0) is 11.8 Å². The average Bonchev–Trinajstić information content (AvgIpc) is 3.04. The van der Waals surface area contributed by atoms with Gasteiger partial charge in [-0.15, -0.1) is 10.2 Å². The van der Waals surface area contributed by atoms with Crippen LogP contribution in [0.4, 0.5) is 5.69 Å². The molecule has 146 valence electrons. The van der Waals surface area contributed by atoms with Crippen LogP contribution in [0.15, 0.2) is 47.6 Å². The summed E-state index contributed by atoms with van der Waals surface area (Å²) in [6.07, 6.45) is 0. The van der Waals surface area contributed by atoms with Crippen LogP contribution in [0, 0.1) is 0 Å². The third-order valence-corrected chi connectivity index (χ3v) is 5.38. The molecule has 0 fully saturated rings. The van der Waals surface area contributed by atoms with Crippen molar-refractivity contribution in [2.75, 3.05) is 17.7 Å². The Kier molecular flexibility index (Phi) is 6.83. The minimum Gasteiger partial charge on any atom is -0.493 e. The molecule has 1 aromatic heterocycles. The zero-order valence-electron chi connectivity index (χ0n) is 15.3. The number of nitrogens with one attached hydrogen (secondary N) is 1. The van der Waals surface area contributed by atoms with Crippen LogP contribution in [0.3, 0.4) is 0 Å². The van der Waals surface area contributed by atoms with Crippen molar-refractivity contribution in [1.29, 1.82) is 0 Å². The van der Waals surface area contributed by atoms with E-state index in [9.17, 15) is 4.79 Å². The number of amides is 1. The van der Waals surface area contributed by atoms with E-state index in [1.807, 2.05) is 42.8 Å². The van der Waals surface area contributed by atoms with Gasteiger partial charge in [-0.3, -0.25) is 4.79 Å². The third-order valence-electron chi connectivity index (χ3n) is 3.80. The molecule has 1 amide bonds. The van der Waals surface area contributed by atoms with Crippen molar-refractivity contribution in [3.63, 3.8) is 0 Å². The first-order valence-electron chi connectivity index (χ1n) is 8.49. The molecule has 0 bridgehead atoms. The van der Waals surface area contributed by atoms with E-state index in [-0.39, 0.29) is 11.7 Å². The molecule has 3 rings (SSSR count). The van der Waals surface area contributed by atoms with Gasteiger partial charge in [-0.25, -0.2) is 0 Å². The summed E-state index contributed by atoms with van der Waals surface area (Å²) in [6, 6.07) is 12.6. The lowest BCUT2D eigenvalue weighted by molar-refractivity contribution is -0.113. The van der Waals surface area contributed by atoms with Crippen LogP contribution >= 0.6 is 35.0 Å². The molecule has 0 spiro atoms. The number of aromatic nitrogens is 3. The van der Waals surface area contributed by atoms with E-state index in [0.717, 1.165) is 11.3 Å². The summed E-state index contributed by atoms with van der Waals surface area (Å²) in [4.78, 5) is 12.3. The maximum absolute atomic E-state index is 12.3. The highest BCUT2D eigenvalue weighted by atomic mass is 35.5. The first-order valence-corrected chi connectivity index (χ1v) is 10.2. The number of halogens is 2. The summed E-state index contributed by atoms with van der Waals surface area (Å²) in [7, 11) is 1.85. The van der Waals surface area contributed by atoms with E-state index >= 15 is 0 Å². The summed E-state index contributed by atoms with van der Waals surface area (Å²) >= 11 is 13.3. The minimum absolute atomic E-state index is 0.155. The highest BCUT2D eigenvalue weighted by Crippen LogP contribution is 2.30. The number of carbonyl (C=O) groups is 1. The second-order valence-corrected chi connectivity index (χ2v) is 7.54. The van der Waals surface area contributed by atoms with Crippen molar-refractivity contribution in [3.8, 4) is 17.1 Å². The molecule has 6 nitrogen and oxygen atoms in total. The van der Waals surface area contributed by atoms with Crippen molar-refractivity contribution >= 4 is 46.6 Å². The van der Waals surface area contributed by atoms with Gasteiger partial charge in [-0.1, -0.05) is 47.1 Å². The molecule has 0 aliphatic heterocycles. The average molecular weight is 437 g/mol. The highest BCUT2D eigenvalue weighted by Gasteiger charge is 2.16. The van der Waals surface area contributed by atoms with Crippen molar-refractivity contribution in [2.45, 2.75) is 12.1 Å². The molecule has 2 aromatic carbocycles. The number of ether oxygens (including phenoxy) is 1. The largest absolute Gasteiger partial charge is 0.493 e. The van der Waals surface area contributed by atoms with Crippen molar-refractivity contribution < 1.29 is 9.53 Å². The minimum atomic E-state index is -0.214. The molecule has 28 heavy (non-hydrogen) atoms. The van der Waals surface area contributed by atoms with Gasteiger partial charge < -0.3 is 14.6 Å². The number of rotatable bonds is 7. The van der Waals surface area contributed by atoms with Gasteiger partial charge in [0.2, 0.25) is 5.91 Å². The van der Waals surface area contributed by atoms with Crippen molar-refractivity contribution in [2.24, 2.45) is 7.05 Å². The van der Waals surface area contributed by atoms with Crippen LogP contribution in [-0.4, -0.2) is 33.0 Å². The molecule has 0 aliphatic rings. The second-order valence-electron chi connectivity index (χ2n) is 5.76. The Balaban J connectivity index is 1.70. The van der Waals surface area contributed by atoms with E-state index < -0.39 is 0 Å². The number of hydrogen-bond acceptors (Lipinski definition) is 5. The Labute approximate surface area is 177 Å². The van der Waals surface area contributed by atoms with Gasteiger partial charge in [0.15, 0.2) is 11.0 Å². The Morgan fingerprint density at radius 2 is 2.00 bits per heavy atom. The summed E-state index contributed by atoms with van der Waals surface area (Å²) in [5, 5.41) is 12.8. The first kappa shape index (κ1) is 20.5. The Bertz CT molecular complexity index is 994. The molecule has 0 aliphatic carbocycles. The molecule has 1 N–H and O–H groups in total. The Morgan fingerprint density at radius 1 is 1.21 bits per heavy atom. The molecule has 0 saturated heterocycles. The van der Waals surface area contributed by atoms with E-state index in [2.05, 4.69) is 15.5 Å². The monoisotopic (exact) mass is 436 g/mol. The lowest BCUT2D eigenvalue weighted by atomic mass is 10.2. The SMILES string of the molecule is CCOc1ccccc1-c1nnc(SCC(=O)Nc2cc(Cl)ccc2Cl)n1C. The maximum Gasteiger partial charge on any atom is 0.234 e. The summed E-state index contributed by atoms with van der Waals surface area (Å²) in [5.74, 6) is 1.35. The van der Waals surface area contributed by atoms with E-state index in [0.29, 0.717) is 33.3 Å². The Morgan fingerprint density at radius 3 is 2.79 bits per heavy atom. The number of thioether (sulfide) groups is 1. The van der Waals surface area contributed by atoms with Gasteiger partial charge in [-0.05, 0) is 37.3 Å². The normalized spacial score (nSPS) is 10.7. The molecule has 1 heterocycles. The predicted octanol–water partition coefficient (Wildman–Crippen LogP) is 4.92. The fourth-order valence-electron chi connectivity index (χ4n) is 2.52. The summed E-state index contributed by atoms with van der Waals surface area (Å²) in [5.41, 5.74) is 1.32. The van der Waals surface area contributed by atoms with Gasteiger partial charge in [-0.2, -0.15) is 0 Å². The fraction of sp³-hybridized carbons (Fsp3) is 0.211. The lowest BCUT2D eigenvalue weighted by Gasteiger charge is -2.10. The lowest BCUT2D eigenvalue weighted by Crippen LogP contribution is -2.14. The van der Waals surface area contributed by atoms with Crippen molar-refractivity contribution in [1.82, 2.24) is 14.8 Å². The number of nitrogens with zero attached hydrogens (tertiary/aromatic N) is 3. The molecular weight excluding hydrogens is 419 g/mol. The van der Waals surface area contributed by atoms with Gasteiger partial charge in [0.05, 0.1) is 28.6 Å². The van der Waals surface area contributed by atoms with Crippen LogP contribution < -0.4 is 10.1 Å². The molecular formula is C19H18Cl2N4O2S. The van der Waals surface area contributed by atoms with E-state index in [1.165, 1.54) is 11.8 Å². The predicted molar refractivity (Wildman–Crippen MR) is 113 cm³/mol. The fourth-order valence-corrected chi connectivity index (χ4v) is 3.57. The second kappa shape index (κ2) is 9.32.